The molecule has 2 aromatic heterocycles. The van der Waals surface area contributed by atoms with Crippen LogP contribution in [0.2, 0.25) is 0 Å². The fraction of sp³-hybridized carbons (Fsp3) is 0.158. The SMILES string of the molecule is COc1ccc(-c2nnc(S[C@@H](C)c3nnc(-c4ccc(F)cc4)o3)n2N)cc1. The van der Waals surface area contributed by atoms with E-state index in [1.807, 2.05) is 31.2 Å². The second-order valence-corrected chi connectivity index (χ2v) is 7.43. The van der Waals surface area contributed by atoms with E-state index in [2.05, 4.69) is 20.4 Å². The number of nitrogens with two attached hydrogens (primary N) is 1. The van der Waals surface area contributed by atoms with Crippen LogP contribution in [-0.2, 0) is 0 Å². The van der Waals surface area contributed by atoms with Crippen molar-refractivity contribution in [3.63, 3.8) is 0 Å². The molecule has 0 aliphatic heterocycles. The molecule has 0 saturated heterocycles. The van der Waals surface area contributed by atoms with Gasteiger partial charge in [0, 0.05) is 11.1 Å². The zero-order chi connectivity index (χ0) is 20.4. The first-order valence-electron chi connectivity index (χ1n) is 8.66. The van der Waals surface area contributed by atoms with Gasteiger partial charge in [-0.25, -0.2) is 9.07 Å². The lowest BCUT2D eigenvalue weighted by Gasteiger charge is -2.07. The number of hydrogen-bond acceptors (Lipinski definition) is 8. The molecule has 0 unspecified atom stereocenters. The number of aromatic nitrogens is 5. The molecule has 10 heteroatoms. The maximum absolute atomic E-state index is 13.1. The molecule has 0 aliphatic carbocycles. The van der Waals surface area contributed by atoms with E-state index in [0.717, 1.165) is 11.3 Å². The highest BCUT2D eigenvalue weighted by atomic mass is 32.2. The van der Waals surface area contributed by atoms with Crippen molar-refractivity contribution in [3.05, 3.63) is 60.2 Å². The van der Waals surface area contributed by atoms with Crippen molar-refractivity contribution >= 4 is 11.8 Å². The Kier molecular flexibility index (Phi) is 5.17. The van der Waals surface area contributed by atoms with Gasteiger partial charge in [0.05, 0.1) is 12.4 Å². The Hall–Kier alpha value is -3.40. The minimum atomic E-state index is -0.327. The predicted octanol–water partition coefficient (Wildman–Crippen LogP) is 3.71. The van der Waals surface area contributed by atoms with Gasteiger partial charge in [-0.3, -0.25) is 0 Å². The van der Waals surface area contributed by atoms with Crippen LogP contribution >= 0.6 is 11.8 Å². The summed E-state index contributed by atoms with van der Waals surface area (Å²) in [4.78, 5) is 0. The number of halogens is 1. The average Bonchev–Trinajstić information content (AvgIpc) is 3.37. The number of rotatable bonds is 6. The van der Waals surface area contributed by atoms with E-state index >= 15 is 0 Å². The summed E-state index contributed by atoms with van der Waals surface area (Å²) < 4.78 is 25.4. The maximum atomic E-state index is 13.1. The molecule has 0 spiro atoms. The van der Waals surface area contributed by atoms with Gasteiger partial charge in [-0.05, 0) is 55.5 Å². The third-order valence-electron chi connectivity index (χ3n) is 4.17. The molecule has 2 N–H and O–H groups in total. The van der Waals surface area contributed by atoms with Gasteiger partial charge in [0.2, 0.25) is 16.9 Å². The first-order valence-corrected chi connectivity index (χ1v) is 9.54. The molecule has 0 saturated carbocycles. The minimum Gasteiger partial charge on any atom is -0.497 e. The lowest BCUT2D eigenvalue weighted by molar-refractivity contribution is 0.415. The summed E-state index contributed by atoms with van der Waals surface area (Å²) in [5, 5.41) is 16.7. The molecule has 2 aromatic carbocycles. The van der Waals surface area contributed by atoms with E-state index in [1.54, 1.807) is 19.2 Å². The number of hydrogen-bond donors (Lipinski definition) is 1. The Labute approximate surface area is 169 Å². The van der Waals surface area contributed by atoms with Crippen LogP contribution in [0.25, 0.3) is 22.8 Å². The van der Waals surface area contributed by atoms with Crippen molar-refractivity contribution in [2.24, 2.45) is 0 Å². The van der Waals surface area contributed by atoms with E-state index in [-0.39, 0.29) is 11.1 Å². The second-order valence-electron chi connectivity index (χ2n) is 6.12. The molecule has 0 bridgehead atoms. The third-order valence-corrected chi connectivity index (χ3v) is 5.22. The second kappa shape index (κ2) is 7.92. The number of ether oxygens (including phenoxy) is 1. The molecule has 0 radical (unpaired) electrons. The van der Waals surface area contributed by atoms with Gasteiger partial charge in [-0.1, -0.05) is 11.8 Å². The fourth-order valence-corrected chi connectivity index (χ4v) is 3.41. The van der Waals surface area contributed by atoms with Crippen molar-refractivity contribution in [1.82, 2.24) is 25.1 Å². The molecular formula is C19H17FN6O2S. The Balaban J connectivity index is 1.51. The van der Waals surface area contributed by atoms with Gasteiger partial charge in [0.1, 0.15) is 11.6 Å². The molecule has 148 valence electrons. The van der Waals surface area contributed by atoms with Crippen LogP contribution in [0.5, 0.6) is 5.75 Å². The van der Waals surface area contributed by atoms with Gasteiger partial charge in [0.15, 0.2) is 5.82 Å². The largest absolute Gasteiger partial charge is 0.497 e. The van der Waals surface area contributed by atoms with Crippen molar-refractivity contribution in [3.8, 4) is 28.6 Å². The quantitative estimate of drug-likeness (QED) is 0.377. The summed E-state index contributed by atoms with van der Waals surface area (Å²) in [6.45, 7) is 1.90. The first-order chi connectivity index (χ1) is 14.0. The van der Waals surface area contributed by atoms with Gasteiger partial charge >= 0.3 is 0 Å². The standard InChI is InChI=1S/C19H17FN6O2S/c1-11(17-23-24-18(28-17)13-3-7-14(20)8-4-13)29-19-25-22-16(26(19)21)12-5-9-15(27-2)10-6-12/h3-11H,21H2,1-2H3/t11-/m0/s1. The van der Waals surface area contributed by atoms with Crippen LogP contribution in [0.1, 0.15) is 18.1 Å². The Bertz CT molecular complexity index is 1110. The number of nitrogen functional groups attached to an aromatic ring is 1. The van der Waals surface area contributed by atoms with E-state index in [0.29, 0.717) is 28.3 Å². The van der Waals surface area contributed by atoms with Crippen LogP contribution < -0.4 is 10.6 Å². The van der Waals surface area contributed by atoms with Gasteiger partial charge in [-0.2, -0.15) is 0 Å². The van der Waals surface area contributed by atoms with E-state index in [4.69, 9.17) is 15.0 Å². The van der Waals surface area contributed by atoms with Crippen LogP contribution in [0.15, 0.2) is 58.1 Å². The average molecular weight is 412 g/mol. The third kappa shape index (κ3) is 3.92. The zero-order valence-electron chi connectivity index (χ0n) is 15.6. The minimum absolute atomic E-state index is 0.216. The molecule has 29 heavy (non-hydrogen) atoms. The van der Waals surface area contributed by atoms with Crippen LogP contribution in [0, 0.1) is 5.82 Å². The molecule has 2 heterocycles. The van der Waals surface area contributed by atoms with Crippen molar-refractivity contribution in [2.75, 3.05) is 13.0 Å². The first kappa shape index (κ1) is 18.9. The summed E-state index contributed by atoms with van der Waals surface area (Å²) in [6, 6.07) is 13.2. The highest BCUT2D eigenvalue weighted by Crippen LogP contribution is 2.35. The number of methoxy groups -OCH3 is 1. The lowest BCUT2D eigenvalue weighted by atomic mass is 10.2. The van der Waals surface area contributed by atoms with Crippen LogP contribution in [0.4, 0.5) is 4.39 Å². The fourth-order valence-electron chi connectivity index (χ4n) is 2.61. The Morgan fingerprint density at radius 1 is 1.00 bits per heavy atom. The molecule has 4 aromatic rings. The van der Waals surface area contributed by atoms with E-state index < -0.39 is 0 Å². The topological polar surface area (TPSA) is 105 Å². The predicted molar refractivity (Wildman–Crippen MR) is 106 cm³/mol. The molecule has 8 nitrogen and oxygen atoms in total. The normalized spacial score (nSPS) is 12.1. The number of thioether (sulfide) groups is 1. The number of benzene rings is 2. The lowest BCUT2D eigenvalue weighted by Crippen LogP contribution is -2.12. The highest BCUT2D eigenvalue weighted by Gasteiger charge is 2.21. The van der Waals surface area contributed by atoms with Crippen LogP contribution in [0.3, 0.4) is 0 Å². The summed E-state index contributed by atoms with van der Waals surface area (Å²) in [5.41, 5.74) is 1.46. The molecule has 4 rings (SSSR count). The smallest absolute Gasteiger partial charge is 0.247 e. The Morgan fingerprint density at radius 2 is 1.69 bits per heavy atom. The van der Waals surface area contributed by atoms with Crippen molar-refractivity contribution in [2.45, 2.75) is 17.3 Å². The Morgan fingerprint density at radius 3 is 2.38 bits per heavy atom. The molecule has 0 fully saturated rings. The zero-order valence-corrected chi connectivity index (χ0v) is 16.4. The molecule has 1 atom stereocenters. The van der Waals surface area contributed by atoms with Crippen molar-refractivity contribution in [1.29, 1.82) is 0 Å². The summed E-state index contributed by atoms with van der Waals surface area (Å²) >= 11 is 1.34. The monoisotopic (exact) mass is 412 g/mol. The van der Waals surface area contributed by atoms with Crippen LogP contribution in [-0.4, -0.2) is 32.2 Å². The van der Waals surface area contributed by atoms with Crippen molar-refractivity contribution < 1.29 is 13.5 Å². The van der Waals surface area contributed by atoms with E-state index in [9.17, 15) is 4.39 Å². The molecule has 0 amide bonds. The maximum Gasteiger partial charge on any atom is 0.247 e. The summed E-state index contributed by atoms with van der Waals surface area (Å²) in [6.07, 6.45) is 0. The summed E-state index contributed by atoms with van der Waals surface area (Å²) in [5.74, 6) is 7.85. The summed E-state index contributed by atoms with van der Waals surface area (Å²) in [7, 11) is 1.61. The van der Waals surface area contributed by atoms with Gasteiger partial charge in [0.25, 0.3) is 0 Å². The van der Waals surface area contributed by atoms with E-state index in [1.165, 1.54) is 28.6 Å². The van der Waals surface area contributed by atoms with Gasteiger partial charge < -0.3 is 15.0 Å². The highest BCUT2D eigenvalue weighted by molar-refractivity contribution is 7.99. The molecule has 0 aliphatic rings. The molecular weight excluding hydrogens is 395 g/mol. The van der Waals surface area contributed by atoms with Gasteiger partial charge in [-0.15, -0.1) is 20.4 Å². The number of nitrogens with zero attached hydrogens (tertiary/aromatic N) is 5.